The SMILES string of the molecule is Cc1nnc(CNC(=O)c2ccc(CN3CCC(C)CC3)o2)s1. The summed E-state index contributed by atoms with van der Waals surface area (Å²) in [7, 11) is 0. The Hall–Kier alpha value is -1.73. The fourth-order valence-electron chi connectivity index (χ4n) is 2.68. The zero-order valence-corrected chi connectivity index (χ0v) is 14.4. The molecule has 3 rings (SSSR count). The lowest BCUT2D eigenvalue weighted by Crippen LogP contribution is -2.32. The molecule has 1 aliphatic rings. The van der Waals surface area contributed by atoms with Crippen molar-refractivity contribution < 1.29 is 9.21 Å². The number of hydrogen-bond donors (Lipinski definition) is 1. The van der Waals surface area contributed by atoms with E-state index >= 15 is 0 Å². The number of likely N-dealkylation sites (tertiary alicyclic amines) is 1. The van der Waals surface area contributed by atoms with Crippen LogP contribution in [0.25, 0.3) is 0 Å². The Morgan fingerprint density at radius 1 is 1.39 bits per heavy atom. The number of nitrogens with one attached hydrogen (secondary N) is 1. The number of carbonyl (C=O) groups is 1. The van der Waals surface area contributed by atoms with E-state index in [0.29, 0.717) is 12.3 Å². The minimum atomic E-state index is -0.212. The van der Waals surface area contributed by atoms with E-state index in [-0.39, 0.29) is 5.91 Å². The molecule has 3 heterocycles. The number of nitrogens with zero attached hydrogens (tertiary/aromatic N) is 3. The third-order valence-corrected chi connectivity index (χ3v) is 4.95. The van der Waals surface area contributed by atoms with Crippen molar-refractivity contribution in [1.82, 2.24) is 20.4 Å². The fraction of sp³-hybridized carbons (Fsp3) is 0.562. The molecule has 2 aromatic rings. The highest BCUT2D eigenvalue weighted by atomic mass is 32.1. The number of carbonyl (C=O) groups excluding carboxylic acids is 1. The molecule has 0 aromatic carbocycles. The average molecular weight is 334 g/mol. The molecule has 6 nitrogen and oxygen atoms in total. The third-order valence-electron chi connectivity index (χ3n) is 4.11. The van der Waals surface area contributed by atoms with Crippen LogP contribution in [-0.2, 0) is 13.1 Å². The van der Waals surface area contributed by atoms with Crippen LogP contribution < -0.4 is 5.32 Å². The van der Waals surface area contributed by atoms with E-state index < -0.39 is 0 Å². The van der Waals surface area contributed by atoms with Gasteiger partial charge < -0.3 is 9.73 Å². The van der Waals surface area contributed by atoms with Gasteiger partial charge >= 0.3 is 0 Å². The highest BCUT2D eigenvalue weighted by Gasteiger charge is 2.18. The van der Waals surface area contributed by atoms with Crippen LogP contribution in [0.3, 0.4) is 0 Å². The lowest BCUT2D eigenvalue weighted by atomic mass is 9.99. The Morgan fingerprint density at radius 3 is 2.87 bits per heavy atom. The second kappa shape index (κ2) is 7.23. The fourth-order valence-corrected chi connectivity index (χ4v) is 3.33. The van der Waals surface area contributed by atoms with Gasteiger partial charge in [0.2, 0.25) is 0 Å². The molecule has 1 fully saturated rings. The molecule has 0 unspecified atom stereocenters. The summed E-state index contributed by atoms with van der Waals surface area (Å²) in [5.41, 5.74) is 0. The minimum Gasteiger partial charge on any atom is -0.455 e. The summed E-state index contributed by atoms with van der Waals surface area (Å²) in [6.45, 7) is 7.54. The Bertz CT molecular complexity index is 659. The van der Waals surface area contributed by atoms with Crippen LogP contribution in [-0.4, -0.2) is 34.1 Å². The van der Waals surface area contributed by atoms with Gasteiger partial charge in [-0.25, -0.2) is 0 Å². The van der Waals surface area contributed by atoms with Gasteiger partial charge in [-0.15, -0.1) is 10.2 Å². The summed E-state index contributed by atoms with van der Waals surface area (Å²) in [4.78, 5) is 14.5. The second-order valence-corrected chi connectivity index (χ2v) is 7.39. The number of hydrogen-bond acceptors (Lipinski definition) is 6. The molecule has 1 saturated heterocycles. The smallest absolute Gasteiger partial charge is 0.287 e. The van der Waals surface area contributed by atoms with Crippen molar-refractivity contribution in [1.29, 1.82) is 0 Å². The van der Waals surface area contributed by atoms with E-state index in [4.69, 9.17) is 4.42 Å². The standard InChI is InChI=1S/C16H22N4O2S/c1-11-5-7-20(8-6-11)10-13-3-4-14(22-13)16(21)17-9-15-19-18-12(2)23-15/h3-4,11H,5-10H2,1-2H3,(H,17,21). The van der Waals surface area contributed by atoms with Crippen molar-refractivity contribution in [3.05, 3.63) is 33.7 Å². The summed E-state index contributed by atoms with van der Waals surface area (Å²) in [5.74, 6) is 1.80. The van der Waals surface area contributed by atoms with E-state index in [9.17, 15) is 4.79 Å². The molecule has 0 bridgehead atoms. The molecule has 0 saturated carbocycles. The zero-order chi connectivity index (χ0) is 16.2. The number of furan rings is 1. The summed E-state index contributed by atoms with van der Waals surface area (Å²) < 4.78 is 5.68. The summed E-state index contributed by atoms with van der Waals surface area (Å²) in [6.07, 6.45) is 2.46. The molecule has 0 spiro atoms. The van der Waals surface area contributed by atoms with Crippen LogP contribution in [0.5, 0.6) is 0 Å². The molecule has 0 aliphatic carbocycles. The van der Waals surface area contributed by atoms with Gasteiger partial charge in [-0.05, 0) is 50.9 Å². The lowest BCUT2D eigenvalue weighted by Gasteiger charge is -2.29. The highest BCUT2D eigenvalue weighted by molar-refractivity contribution is 7.11. The van der Waals surface area contributed by atoms with Crippen LogP contribution in [0.1, 0.15) is 46.1 Å². The predicted octanol–water partition coefficient (Wildman–Crippen LogP) is 2.60. The lowest BCUT2D eigenvalue weighted by molar-refractivity contribution is 0.0917. The topological polar surface area (TPSA) is 71.3 Å². The molecule has 1 aliphatic heterocycles. The summed E-state index contributed by atoms with van der Waals surface area (Å²) in [6, 6.07) is 3.63. The molecule has 7 heteroatoms. The van der Waals surface area contributed by atoms with Crippen molar-refractivity contribution in [3.8, 4) is 0 Å². The van der Waals surface area contributed by atoms with E-state index in [2.05, 4.69) is 27.3 Å². The van der Waals surface area contributed by atoms with Crippen LogP contribution >= 0.6 is 11.3 Å². The molecule has 1 N–H and O–H groups in total. The average Bonchev–Trinajstić information content (AvgIpc) is 3.16. The van der Waals surface area contributed by atoms with E-state index in [1.165, 1.54) is 24.2 Å². The Morgan fingerprint density at radius 2 is 2.17 bits per heavy atom. The Balaban J connectivity index is 1.50. The first-order chi connectivity index (χ1) is 11.1. The first-order valence-corrected chi connectivity index (χ1v) is 8.80. The zero-order valence-electron chi connectivity index (χ0n) is 13.5. The van der Waals surface area contributed by atoms with Crippen molar-refractivity contribution in [2.45, 2.75) is 39.8 Å². The molecule has 0 atom stereocenters. The first-order valence-electron chi connectivity index (χ1n) is 7.98. The number of aryl methyl sites for hydroxylation is 1. The third kappa shape index (κ3) is 4.39. The number of aromatic nitrogens is 2. The second-order valence-electron chi connectivity index (χ2n) is 6.12. The number of rotatable bonds is 5. The van der Waals surface area contributed by atoms with Crippen LogP contribution in [0.4, 0.5) is 0 Å². The monoisotopic (exact) mass is 334 g/mol. The maximum absolute atomic E-state index is 12.1. The summed E-state index contributed by atoms with van der Waals surface area (Å²) in [5, 5.41) is 12.4. The molecular formula is C16H22N4O2S. The first kappa shape index (κ1) is 16.1. The highest BCUT2D eigenvalue weighted by Crippen LogP contribution is 2.19. The van der Waals surface area contributed by atoms with Gasteiger partial charge in [-0.2, -0.15) is 0 Å². The minimum absolute atomic E-state index is 0.212. The van der Waals surface area contributed by atoms with Crippen molar-refractivity contribution in [2.75, 3.05) is 13.1 Å². The van der Waals surface area contributed by atoms with Crippen molar-refractivity contribution in [2.24, 2.45) is 5.92 Å². The van der Waals surface area contributed by atoms with Gasteiger partial charge in [-0.1, -0.05) is 18.3 Å². The molecule has 1 amide bonds. The molecule has 23 heavy (non-hydrogen) atoms. The van der Waals surface area contributed by atoms with Gasteiger partial charge in [0.05, 0.1) is 13.1 Å². The largest absolute Gasteiger partial charge is 0.455 e. The molecule has 124 valence electrons. The van der Waals surface area contributed by atoms with Gasteiger partial charge in [0.25, 0.3) is 5.91 Å². The normalized spacial score (nSPS) is 16.6. The molecule has 0 radical (unpaired) electrons. The van der Waals surface area contributed by atoms with Crippen LogP contribution in [0.2, 0.25) is 0 Å². The Labute approximate surface area is 139 Å². The van der Waals surface area contributed by atoms with E-state index in [0.717, 1.165) is 41.3 Å². The van der Waals surface area contributed by atoms with Crippen molar-refractivity contribution >= 4 is 17.2 Å². The van der Waals surface area contributed by atoms with E-state index in [1.807, 2.05) is 13.0 Å². The van der Waals surface area contributed by atoms with Crippen molar-refractivity contribution in [3.63, 3.8) is 0 Å². The Kier molecular flexibility index (Phi) is 5.07. The van der Waals surface area contributed by atoms with Gasteiger partial charge in [0.1, 0.15) is 15.8 Å². The van der Waals surface area contributed by atoms with E-state index in [1.54, 1.807) is 6.07 Å². The maximum atomic E-state index is 12.1. The number of amides is 1. The van der Waals surface area contributed by atoms with Crippen LogP contribution in [0, 0.1) is 12.8 Å². The van der Waals surface area contributed by atoms with Gasteiger partial charge in [0.15, 0.2) is 5.76 Å². The van der Waals surface area contributed by atoms with Crippen LogP contribution in [0.15, 0.2) is 16.5 Å². The summed E-state index contributed by atoms with van der Waals surface area (Å²) >= 11 is 1.48. The quantitative estimate of drug-likeness (QED) is 0.910. The predicted molar refractivity (Wildman–Crippen MR) is 88.2 cm³/mol. The molecule has 2 aromatic heterocycles. The van der Waals surface area contributed by atoms with Gasteiger partial charge in [0, 0.05) is 0 Å². The number of piperidine rings is 1. The molecular weight excluding hydrogens is 312 g/mol. The van der Waals surface area contributed by atoms with Gasteiger partial charge in [-0.3, -0.25) is 9.69 Å². The maximum Gasteiger partial charge on any atom is 0.287 e.